The molecule has 1 unspecified atom stereocenters. The number of benzene rings is 1. The first-order valence-corrected chi connectivity index (χ1v) is 9.91. The van der Waals surface area contributed by atoms with E-state index in [0.717, 1.165) is 22.2 Å². The number of methoxy groups -OCH3 is 1. The van der Waals surface area contributed by atoms with E-state index >= 15 is 0 Å². The molecule has 0 saturated heterocycles. The molecule has 1 aliphatic carbocycles. The van der Waals surface area contributed by atoms with Crippen molar-refractivity contribution in [2.24, 2.45) is 0 Å². The van der Waals surface area contributed by atoms with Crippen LogP contribution in [0, 0.1) is 6.92 Å². The Balaban J connectivity index is 0.00000136. The van der Waals surface area contributed by atoms with Crippen LogP contribution in [0.15, 0.2) is 42.0 Å². The number of Topliss-reactive ketones (excluding diaryl/α,β-unsaturated/α-hetero) is 1. The zero-order valence-electron chi connectivity index (χ0n) is 17.4. The number of hydrogen-bond acceptors (Lipinski definition) is 3. The molecular formula is C23H28ClNO3. The summed E-state index contributed by atoms with van der Waals surface area (Å²) < 4.78 is 7.00. The standard InChI is InChI=1S/C21H22ClNO3.C2H6/c1-13(24)11-17-14(2)23(19-6-5-16(26-4)12-18(17)19)20(25)15-7-9-21(3,22)10-8-15;1-2/h5-9,12H,10-11H2,1-4H3;1-2H3. The number of aromatic nitrogens is 1. The minimum atomic E-state index is -0.454. The number of fused-ring (bicyclic) bond motifs is 1. The topological polar surface area (TPSA) is 48.3 Å². The quantitative estimate of drug-likeness (QED) is 0.623. The molecule has 0 radical (unpaired) electrons. The third-order valence-corrected chi connectivity index (χ3v) is 5.03. The number of carbonyl (C=O) groups excluding carboxylic acids is 2. The Morgan fingerprint density at radius 1 is 1.29 bits per heavy atom. The van der Waals surface area contributed by atoms with Crippen LogP contribution in [0.2, 0.25) is 0 Å². The molecule has 0 fully saturated rings. The summed E-state index contributed by atoms with van der Waals surface area (Å²) in [5.41, 5.74) is 3.02. The van der Waals surface area contributed by atoms with Gasteiger partial charge in [-0.1, -0.05) is 32.1 Å². The van der Waals surface area contributed by atoms with Crippen LogP contribution >= 0.6 is 11.6 Å². The number of allylic oxidation sites excluding steroid dienone is 4. The number of ether oxygens (including phenoxy) is 1. The highest BCUT2D eigenvalue weighted by molar-refractivity contribution is 6.25. The van der Waals surface area contributed by atoms with Crippen LogP contribution in [0.3, 0.4) is 0 Å². The van der Waals surface area contributed by atoms with Crippen LogP contribution in [0.5, 0.6) is 5.75 Å². The van der Waals surface area contributed by atoms with Crippen molar-refractivity contribution in [2.75, 3.05) is 7.11 Å². The summed E-state index contributed by atoms with van der Waals surface area (Å²) >= 11 is 6.31. The van der Waals surface area contributed by atoms with Gasteiger partial charge in [-0.2, -0.15) is 0 Å². The fraction of sp³-hybridized carbons (Fsp3) is 0.391. The van der Waals surface area contributed by atoms with E-state index in [9.17, 15) is 9.59 Å². The average molecular weight is 402 g/mol. The predicted octanol–water partition coefficient (Wildman–Crippen LogP) is 5.64. The van der Waals surface area contributed by atoms with Gasteiger partial charge in [0.2, 0.25) is 0 Å². The van der Waals surface area contributed by atoms with Crippen molar-refractivity contribution < 1.29 is 14.3 Å². The molecule has 150 valence electrons. The van der Waals surface area contributed by atoms with Crippen LogP contribution in [-0.4, -0.2) is 28.2 Å². The second kappa shape index (κ2) is 8.78. The maximum absolute atomic E-state index is 13.2. The van der Waals surface area contributed by atoms with Gasteiger partial charge in [0, 0.05) is 23.1 Å². The molecule has 1 atom stereocenters. The van der Waals surface area contributed by atoms with Gasteiger partial charge >= 0.3 is 0 Å². The normalized spacial score (nSPS) is 18.3. The third-order valence-electron chi connectivity index (χ3n) is 4.75. The van der Waals surface area contributed by atoms with E-state index in [1.54, 1.807) is 24.7 Å². The Hall–Kier alpha value is -2.33. The van der Waals surface area contributed by atoms with Crippen LogP contribution in [0.1, 0.15) is 50.2 Å². The molecular weight excluding hydrogens is 374 g/mol. The first-order chi connectivity index (χ1) is 13.2. The van der Waals surface area contributed by atoms with Crippen molar-refractivity contribution >= 4 is 34.2 Å². The van der Waals surface area contributed by atoms with Gasteiger partial charge in [0.25, 0.3) is 5.91 Å². The van der Waals surface area contributed by atoms with Crippen molar-refractivity contribution in [3.8, 4) is 5.75 Å². The van der Waals surface area contributed by atoms with Crippen molar-refractivity contribution in [1.82, 2.24) is 4.57 Å². The van der Waals surface area contributed by atoms with E-state index in [2.05, 4.69) is 0 Å². The smallest absolute Gasteiger partial charge is 0.262 e. The number of carbonyl (C=O) groups is 2. The molecule has 1 aromatic carbocycles. The molecule has 0 aliphatic heterocycles. The molecule has 0 spiro atoms. The van der Waals surface area contributed by atoms with Gasteiger partial charge in [0.1, 0.15) is 11.5 Å². The highest BCUT2D eigenvalue weighted by Gasteiger charge is 2.25. The molecule has 28 heavy (non-hydrogen) atoms. The van der Waals surface area contributed by atoms with Gasteiger partial charge in [-0.15, -0.1) is 11.6 Å². The SMILES string of the molecule is CC.COc1ccc2c(c1)c(CC(C)=O)c(C)n2C(=O)C1=CCC(C)(Cl)C=C1. The lowest BCUT2D eigenvalue weighted by Crippen LogP contribution is -2.20. The lowest BCUT2D eigenvalue weighted by atomic mass is 9.97. The fourth-order valence-electron chi connectivity index (χ4n) is 3.32. The lowest BCUT2D eigenvalue weighted by molar-refractivity contribution is -0.116. The maximum atomic E-state index is 13.2. The average Bonchev–Trinajstić information content (AvgIpc) is 2.93. The summed E-state index contributed by atoms with van der Waals surface area (Å²) in [4.78, 5) is 24.5. The minimum Gasteiger partial charge on any atom is -0.497 e. The van der Waals surface area contributed by atoms with Crippen LogP contribution in [-0.2, 0) is 11.2 Å². The molecule has 1 aromatic heterocycles. The Kier molecular flexibility index (Phi) is 6.89. The molecule has 5 heteroatoms. The molecule has 3 rings (SSSR count). The zero-order valence-corrected chi connectivity index (χ0v) is 18.2. The van der Waals surface area contributed by atoms with Crippen molar-refractivity contribution in [3.63, 3.8) is 0 Å². The zero-order chi connectivity index (χ0) is 21.1. The summed E-state index contributed by atoms with van der Waals surface area (Å²) in [5.74, 6) is 0.634. The van der Waals surface area contributed by atoms with Crippen molar-refractivity contribution in [3.05, 3.63) is 53.3 Å². The monoisotopic (exact) mass is 401 g/mol. The Morgan fingerprint density at radius 2 is 1.96 bits per heavy atom. The number of alkyl halides is 1. The van der Waals surface area contributed by atoms with Gasteiger partial charge in [0.05, 0.1) is 17.5 Å². The van der Waals surface area contributed by atoms with Crippen LogP contribution < -0.4 is 4.74 Å². The Morgan fingerprint density at radius 3 is 2.50 bits per heavy atom. The summed E-state index contributed by atoms with van der Waals surface area (Å²) in [6, 6.07) is 5.57. The number of ketones is 1. The first-order valence-electron chi connectivity index (χ1n) is 9.54. The molecule has 0 saturated carbocycles. The van der Waals surface area contributed by atoms with Crippen molar-refractivity contribution in [2.45, 2.75) is 52.3 Å². The first kappa shape index (κ1) is 22.0. The number of halogens is 1. The van der Waals surface area contributed by atoms with Gasteiger partial charge in [-0.25, -0.2) is 0 Å². The molecule has 0 N–H and O–H groups in total. The Bertz CT molecular complexity index is 964. The van der Waals surface area contributed by atoms with Crippen molar-refractivity contribution in [1.29, 1.82) is 0 Å². The highest BCUT2D eigenvalue weighted by Crippen LogP contribution is 2.32. The highest BCUT2D eigenvalue weighted by atomic mass is 35.5. The van der Waals surface area contributed by atoms with E-state index in [4.69, 9.17) is 16.3 Å². The van der Waals surface area contributed by atoms with Crippen LogP contribution in [0.25, 0.3) is 10.9 Å². The third kappa shape index (κ3) is 4.39. The fourth-order valence-corrected chi connectivity index (χ4v) is 3.46. The molecule has 0 bridgehead atoms. The van der Waals surface area contributed by atoms with E-state index < -0.39 is 4.87 Å². The number of nitrogens with zero attached hydrogens (tertiary/aromatic N) is 1. The summed E-state index contributed by atoms with van der Waals surface area (Å²) in [6.45, 7) is 9.34. The number of rotatable bonds is 4. The minimum absolute atomic E-state index is 0.0529. The predicted molar refractivity (Wildman–Crippen MR) is 116 cm³/mol. The molecule has 1 heterocycles. The molecule has 1 aliphatic rings. The van der Waals surface area contributed by atoms with E-state index in [0.29, 0.717) is 17.7 Å². The molecule has 0 amide bonds. The van der Waals surface area contributed by atoms with E-state index in [1.807, 2.05) is 58.0 Å². The van der Waals surface area contributed by atoms with E-state index in [-0.39, 0.29) is 18.1 Å². The molecule has 2 aromatic rings. The number of hydrogen-bond donors (Lipinski definition) is 0. The molecule has 4 nitrogen and oxygen atoms in total. The Labute approximate surface area is 171 Å². The second-order valence-electron chi connectivity index (χ2n) is 6.94. The van der Waals surface area contributed by atoms with E-state index in [1.165, 1.54) is 0 Å². The maximum Gasteiger partial charge on any atom is 0.262 e. The summed E-state index contributed by atoms with van der Waals surface area (Å²) in [7, 11) is 1.60. The lowest BCUT2D eigenvalue weighted by Gasteiger charge is -2.20. The summed E-state index contributed by atoms with van der Waals surface area (Å²) in [5, 5.41) is 0.868. The summed E-state index contributed by atoms with van der Waals surface area (Å²) in [6.07, 6.45) is 6.37. The van der Waals surface area contributed by atoms with Gasteiger partial charge < -0.3 is 4.74 Å². The largest absolute Gasteiger partial charge is 0.497 e. The van der Waals surface area contributed by atoms with Gasteiger partial charge in [0.15, 0.2) is 0 Å². The van der Waals surface area contributed by atoms with Gasteiger partial charge in [-0.3, -0.25) is 14.2 Å². The van der Waals surface area contributed by atoms with Gasteiger partial charge in [-0.05, 0) is 51.0 Å². The second-order valence-corrected chi connectivity index (χ2v) is 7.80. The van der Waals surface area contributed by atoms with Crippen LogP contribution in [0.4, 0.5) is 0 Å².